The fraction of sp³-hybridized carbons (Fsp3) is 0.750. The van der Waals surface area contributed by atoms with Crippen molar-refractivity contribution >= 4 is 17.9 Å². The Balaban J connectivity index is 4.44. The molecule has 6 heteroatoms. The minimum absolute atomic E-state index is 0.0898. The molecular formula is C60H104O6. The van der Waals surface area contributed by atoms with Crippen molar-refractivity contribution in [1.29, 1.82) is 0 Å². The number of hydrogen-bond donors (Lipinski definition) is 0. The van der Waals surface area contributed by atoms with Crippen LogP contribution in [0.4, 0.5) is 0 Å². The van der Waals surface area contributed by atoms with Crippen LogP contribution in [0.2, 0.25) is 0 Å². The molecule has 0 aliphatic rings. The van der Waals surface area contributed by atoms with E-state index >= 15 is 0 Å². The predicted molar refractivity (Wildman–Crippen MR) is 284 cm³/mol. The van der Waals surface area contributed by atoms with Gasteiger partial charge in [0.1, 0.15) is 13.2 Å². The summed E-state index contributed by atoms with van der Waals surface area (Å²) in [6.07, 6.45) is 68.8. The van der Waals surface area contributed by atoms with Gasteiger partial charge in [-0.1, -0.05) is 209 Å². The van der Waals surface area contributed by atoms with Crippen LogP contribution in [-0.2, 0) is 28.6 Å². The lowest BCUT2D eigenvalue weighted by Crippen LogP contribution is -2.30. The molecule has 0 aliphatic heterocycles. The van der Waals surface area contributed by atoms with Crippen molar-refractivity contribution in [3.05, 3.63) is 72.9 Å². The molecule has 0 spiro atoms. The van der Waals surface area contributed by atoms with E-state index < -0.39 is 6.10 Å². The van der Waals surface area contributed by atoms with E-state index in [4.69, 9.17) is 14.2 Å². The minimum Gasteiger partial charge on any atom is -0.462 e. The van der Waals surface area contributed by atoms with Crippen molar-refractivity contribution in [2.24, 2.45) is 0 Å². The third-order valence-corrected chi connectivity index (χ3v) is 11.9. The molecule has 0 saturated carbocycles. The van der Waals surface area contributed by atoms with Crippen LogP contribution >= 0.6 is 0 Å². The van der Waals surface area contributed by atoms with Gasteiger partial charge in [0.15, 0.2) is 6.10 Å². The van der Waals surface area contributed by atoms with E-state index in [-0.39, 0.29) is 31.1 Å². The maximum absolute atomic E-state index is 12.8. The Bertz CT molecular complexity index is 1240. The summed E-state index contributed by atoms with van der Waals surface area (Å²) in [7, 11) is 0. The first-order valence-electron chi connectivity index (χ1n) is 27.9. The second-order valence-electron chi connectivity index (χ2n) is 18.5. The molecule has 0 fully saturated rings. The van der Waals surface area contributed by atoms with E-state index in [9.17, 15) is 14.4 Å². The Kier molecular flexibility index (Phi) is 51.9. The molecule has 0 aromatic heterocycles. The maximum Gasteiger partial charge on any atom is 0.306 e. The Hall–Kier alpha value is -3.15. The topological polar surface area (TPSA) is 78.9 Å². The molecule has 6 nitrogen and oxygen atoms in total. The Labute approximate surface area is 408 Å². The average Bonchev–Trinajstić information content (AvgIpc) is 3.31. The molecule has 0 radical (unpaired) electrons. The van der Waals surface area contributed by atoms with E-state index in [0.717, 1.165) is 116 Å². The number of hydrogen-bond acceptors (Lipinski definition) is 6. The minimum atomic E-state index is -0.792. The van der Waals surface area contributed by atoms with E-state index in [1.807, 2.05) is 0 Å². The van der Waals surface area contributed by atoms with Gasteiger partial charge in [0.05, 0.1) is 0 Å². The molecule has 1 unspecified atom stereocenters. The van der Waals surface area contributed by atoms with Crippen molar-refractivity contribution < 1.29 is 28.6 Å². The van der Waals surface area contributed by atoms with Gasteiger partial charge in [0.25, 0.3) is 0 Å². The van der Waals surface area contributed by atoms with Gasteiger partial charge in [-0.3, -0.25) is 14.4 Å². The SMILES string of the molecule is CCCCC/C=C\C/C=C\CCCCCCCCCC(=O)OCC(COC(=O)CCCCCCC/C=C\C/C=C\CCCCC)OC(=O)CCCCCCC/C=C\C/C=C\CCCCCC. The predicted octanol–water partition coefficient (Wildman–Crippen LogP) is 18.6. The molecule has 0 amide bonds. The van der Waals surface area contributed by atoms with Crippen molar-refractivity contribution in [2.45, 2.75) is 277 Å². The van der Waals surface area contributed by atoms with Crippen LogP contribution in [0.1, 0.15) is 271 Å². The molecule has 0 aliphatic carbocycles. The number of ether oxygens (including phenoxy) is 3. The number of esters is 3. The quantitative estimate of drug-likeness (QED) is 0.0262. The summed E-state index contributed by atoms with van der Waals surface area (Å²) in [5.41, 5.74) is 0. The van der Waals surface area contributed by atoms with Crippen molar-refractivity contribution in [3.63, 3.8) is 0 Å². The molecule has 0 heterocycles. The highest BCUT2D eigenvalue weighted by molar-refractivity contribution is 5.71. The first-order chi connectivity index (χ1) is 32.5. The summed E-state index contributed by atoms with van der Waals surface area (Å²) >= 11 is 0. The second kappa shape index (κ2) is 54.5. The molecular weight excluding hydrogens is 817 g/mol. The average molecular weight is 921 g/mol. The van der Waals surface area contributed by atoms with Gasteiger partial charge < -0.3 is 14.2 Å². The maximum atomic E-state index is 12.8. The van der Waals surface area contributed by atoms with Gasteiger partial charge in [0.2, 0.25) is 0 Å². The monoisotopic (exact) mass is 921 g/mol. The van der Waals surface area contributed by atoms with Gasteiger partial charge in [-0.05, 0) is 116 Å². The first kappa shape index (κ1) is 62.8. The highest BCUT2D eigenvalue weighted by Gasteiger charge is 2.19. The Morgan fingerprint density at radius 3 is 0.864 bits per heavy atom. The molecule has 0 N–H and O–H groups in total. The summed E-state index contributed by atoms with van der Waals surface area (Å²) in [4.78, 5) is 38.1. The number of unbranched alkanes of at least 4 members (excludes halogenated alkanes) is 27. The lowest BCUT2D eigenvalue weighted by atomic mass is 10.1. The number of carbonyl (C=O) groups is 3. The van der Waals surface area contributed by atoms with E-state index in [2.05, 4.69) is 93.7 Å². The number of allylic oxidation sites excluding steroid dienone is 12. The van der Waals surface area contributed by atoms with Crippen LogP contribution in [0.5, 0.6) is 0 Å². The largest absolute Gasteiger partial charge is 0.462 e. The third-order valence-electron chi connectivity index (χ3n) is 11.9. The summed E-state index contributed by atoms with van der Waals surface area (Å²) < 4.78 is 16.8. The standard InChI is InChI=1S/C60H104O6/c1-4-7-10-13-16-19-22-25-28-30-33-35-38-41-44-47-50-53-59(62)65-56-57(55-64-58(61)52-49-46-43-40-37-34-31-27-24-21-18-15-12-9-6-3)66-60(63)54-51-48-45-42-39-36-32-29-26-23-20-17-14-11-8-5-2/h16,18-21,23,25,27-29,31-32,57H,4-15,17,22,24,26,30,33-56H2,1-3H3/b19-16-,21-18-,23-20-,28-25-,31-27-,32-29-. The van der Waals surface area contributed by atoms with Crippen molar-refractivity contribution in [3.8, 4) is 0 Å². The smallest absolute Gasteiger partial charge is 0.306 e. The molecule has 0 saturated heterocycles. The molecule has 380 valence electrons. The van der Waals surface area contributed by atoms with Gasteiger partial charge in [-0.25, -0.2) is 0 Å². The molecule has 0 aromatic carbocycles. The zero-order chi connectivity index (χ0) is 47.9. The van der Waals surface area contributed by atoms with Gasteiger partial charge in [-0.2, -0.15) is 0 Å². The van der Waals surface area contributed by atoms with Crippen LogP contribution in [0, 0.1) is 0 Å². The summed E-state index contributed by atoms with van der Waals surface area (Å²) in [6, 6.07) is 0. The highest BCUT2D eigenvalue weighted by Crippen LogP contribution is 2.14. The fourth-order valence-corrected chi connectivity index (χ4v) is 7.65. The van der Waals surface area contributed by atoms with E-state index in [1.165, 1.54) is 116 Å². The number of carbonyl (C=O) groups excluding carboxylic acids is 3. The Morgan fingerprint density at radius 2 is 0.545 bits per heavy atom. The van der Waals surface area contributed by atoms with Gasteiger partial charge in [-0.15, -0.1) is 0 Å². The van der Waals surface area contributed by atoms with Gasteiger partial charge >= 0.3 is 17.9 Å². The zero-order valence-electron chi connectivity index (χ0n) is 43.4. The normalized spacial score (nSPS) is 12.6. The summed E-state index contributed by atoms with van der Waals surface area (Å²) in [5.74, 6) is -0.919. The Morgan fingerprint density at radius 1 is 0.303 bits per heavy atom. The lowest BCUT2D eigenvalue weighted by molar-refractivity contribution is -0.167. The van der Waals surface area contributed by atoms with Crippen molar-refractivity contribution in [2.75, 3.05) is 13.2 Å². The zero-order valence-corrected chi connectivity index (χ0v) is 43.4. The highest BCUT2D eigenvalue weighted by atomic mass is 16.6. The van der Waals surface area contributed by atoms with Crippen LogP contribution in [0.3, 0.4) is 0 Å². The van der Waals surface area contributed by atoms with Crippen LogP contribution in [-0.4, -0.2) is 37.2 Å². The summed E-state index contributed by atoms with van der Waals surface area (Å²) in [5, 5.41) is 0. The lowest BCUT2D eigenvalue weighted by Gasteiger charge is -2.18. The van der Waals surface area contributed by atoms with E-state index in [1.54, 1.807) is 0 Å². The van der Waals surface area contributed by atoms with Crippen LogP contribution < -0.4 is 0 Å². The van der Waals surface area contributed by atoms with E-state index in [0.29, 0.717) is 19.3 Å². The second-order valence-corrected chi connectivity index (χ2v) is 18.5. The molecule has 0 bridgehead atoms. The van der Waals surface area contributed by atoms with Crippen LogP contribution in [0.15, 0.2) is 72.9 Å². The molecule has 0 rings (SSSR count). The fourth-order valence-electron chi connectivity index (χ4n) is 7.65. The van der Waals surface area contributed by atoms with Crippen molar-refractivity contribution in [1.82, 2.24) is 0 Å². The van der Waals surface area contributed by atoms with Gasteiger partial charge in [0, 0.05) is 19.3 Å². The number of rotatable bonds is 50. The van der Waals surface area contributed by atoms with Crippen LogP contribution in [0.25, 0.3) is 0 Å². The first-order valence-corrected chi connectivity index (χ1v) is 27.9. The molecule has 1 atom stereocenters. The summed E-state index contributed by atoms with van der Waals surface area (Å²) in [6.45, 7) is 6.55. The third kappa shape index (κ3) is 51.8. The molecule has 66 heavy (non-hydrogen) atoms. The molecule has 0 aromatic rings.